The Labute approximate surface area is 145 Å². The predicted molar refractivity (Wildman–Crippen MR) is 90.1 cm³/mol. The molecule has 0 saturated heterocycles. The van der Waals surface area contributed by atoms with Gasteiger partial charge in [0.2, 0.25) is 20.0 Å². The maximum absolute atomic E-state index is 12.2. The molecule has 11 heteroatoms. The highest BCUT2D eigenvalue weighted by Gasteiger charge is 2.22. The van der Waals surface area contributed by atoms with E-state index in [-0.39, 0.29) is 28.8 Å². The van der Waals surface area contributed by atoms with E-state index in [1.807, 2.05) is 0 Å². The largest absolute Gasteiger partial charge is 0.360 e. The van der Waals surface area contributed by atoms with Gasteiger partial charge in [-0.05, 0) is 19.1 Å². The molecule has 1 aromatic heterocycles. The topological polar surface area (TPSA) is 110 Å². The number of hydrogen-bond donors (Lipinski definition) is 1. The van der Waals surface area contributed by atoms with Gasteiger partial charge in [-0.15, -0.1) is 0 Å². The zero-order chi connectivity index (χ0) is 18.0. The molecule has 0 fully saturated rings. The average molecular weight is 394 g/mol. The highest BCUT2D eigenvalue weighted by molar-refractivity contribution is 7.92. The van der Waals surface area contributed by atoms with Crippen LogP contribution in [-0.4, -0.2) is 41.3 Å². The van der Waals surface area contributed by atoms with Gasteiger partial charge in [0.25, 0.3) is 0 Å². The van der Waals surface area contributed by atoms with Crippen LogP contribution in [0, 0.1) is 6.92 Å². The fraction of sp³-hybridized carbons (Fsp3) is 0.308. The minimum atomic E-state index is -3.86. The molecule has 0 amide bonds. The minimum absolute atomic E-state index is 0.0742. The lowest BCUT2D eigenvalue weighted by Gasteiger charge is -2.19. The van der Waals surface area contributed by atoms with Gasteiger partial charge in [-0.3, -0.25) is 0 Å². The standard InChI is InChI=1S/C13H16ClN3O5S2/c1-10-9-13(16-22-10)17(23(2,18)19)8-7-15-24(20,21)12-6-4-3-5-11(12)14/h3-6,9,15H,7-8H2,1-2H3. The molecule has 1 aromatic carbocycles. The zero-order valence-electron chi connectivity index (χ0n) is 12.9. The molecule has 2 aromatic rings. The van der Waals surface area contributed by atoms with Crippen LogP contribution in [0.15, 0.2) is 39.8 Å². The molecular weight excluding hydrogens is 378 g/mol. The van der Waals surface area contributed by atoms with Crippen molar-refractivity contribution in [1.29, 1.82) is 0 Å². The summed E-state index contributed by atoms with van der Waals surface area (Å²) >= 11 is 5.87. The van der Waals surface area contributed by atoms with Crippen molar-refractivity contribution in [2.75, 3.05) is 23.7 Å². The Kier molecular flexibility index (Phi) is 5.53. The molecule has 8 nitrogen and oxygen atoms in total. The maximum atomic E-state index is 12.2. The van der Waals surface area contributed by atoms with Gasteiger partial charge in [-0.1, -0.05) is 28.9 Å². The second-order valence-electron chi connectivity index (χ2n) is 4.96. The molecule has 24 heavy (non-hydrogen) atoms. The number of nitrogens with zero attached hydrogens (tertiary/aromatic N) is 2. The van der Waals surface area contributed by atoms with Crippen molar-refractivity contribution < 1.29 is 21.4 Å². The molecule has 1 heterocycles. The molecule has 0 bridgehead atoms. The number of hydrogen-bond acceptors (Lipinski definition) is 6. The van der Waals surface area contributed by atoms with Crippen molar-refractivity contribution in [2.45, 2.75) is 11.8 Å². The third-order valence-corrected chi connectivity index (χ3v) is 6.14. The van der Waals surface area contributed by atoms with Gasteiger partial charge in [0, 0.05) is 19.2 Å². The van der Waals surface area contributed by atoms with Crippen LogP contribution in [-0.2, 0) is 20.0 Å². The van der Waals surface area contributed by atoms with E-state index in [1.165, 1.54) is 18.2 Å². The van der Waals surface area contributed by atoms with Gasteiger partial charge in [-0.2, -0.15) is 0 Å². The normalized spacial score (nSPS) is 12.3. The Bertz CT molecular complexity index is 925. The maximum Gasteiger partial charge on any atom is 0.242 e. The van der Waals surface area contributed by atoms with Crippen LogP contribution >= 0.6 is 11.6 Å². The summed E-state index contributed by atoms with van der Waals surface area (Å²) in [5.74, 6) is 0.530. The first-order chi connectivity index (χ1) is 11.1. The van der Waals surface area contributed by atoms with E-state index in [0.717, 1.165) is 10.6 Å². The molecule has 0 aliphatic rings. The van der Waals surface area contributed by atoms with Crippen molar-refractivity contribution in [3.8, 4) is 0 Å². The molecular formula is C13H16ClN3O5S2. The van der Waals surface area contributed by atoms with Gasteiger partial charge in [0.1, 0.15) is 10.7 Å². The van der Waals surface area contributed by atoms with Gasteiger partial charge < -0.3 is 4.52 Å². The van der Waals surface area contributed by atoms with Crippen molar-refractivity contribution in [3.63, 3.8) is 0 Å². The lowest BCUT2D eigenvalue weighted by Crippen LogP contribution is -2.38. The van der Waals surface area contributed by atoms with E-state index >= 15 is 0 Å². The summed E-state index contributed by atoms with van der Waals surface area (Å²) in [5.41, 5.74) is 0. The summed E-state index contributed by atoms with van der Waals surface area (Å²) in [7, 11) is -7.50. The van der Waals surface area contributed by atoms with Crippen LogP contribution in [0.1, 0.15) is 5.76 Å². The fourth-order valence-electron chi connectivity index (χ4n) is 1.94. The zero-order valence-corrected chi connectivity index (χ0v) is 15.3. The van der Waals surface area contributed by atoms with E-state index in [4.69, 9.17) is 16.1 Å². The van der Waals surface area contributed by atoms with Crippen LogP contribution in [0.2, 0.25) is 5.02 Å². The predicted octanol–water partition coefficient (Wildman–Crippen LogP) is 1.38. The summed E-state index contributed by atoms with van der Waals surface area (Å²) in [6.45, 7) is 1.32. The highest BCUT2D eigenvalue weighted by Crippen LogP contribution is 2.20. The number of aromatic nitrogens is 1. The molecule has 1 N–H and O–H groups in total. The molecule has 0 aliphatic heterocycles. The molecule has 0 atom stereocenters. The molecule has 2 rings (SSSR count). The number of benzene rings is 1. The van der Waals surface area contributed by atoms with Crippen LogP contribution in [0.4, 0.5) is 5.82 Å². The van der Waals surface area contributed by atoms with Gasteiger partial charge in [0.05, 0.1) is 11.3 Å². The molecule has 0 radical (unpaired) electrons. The first-order valence-corrected chi connectivity index (χ1v) is 10.5. The van der Waals surface area contributed by atoms with E-state index in [1.54, 1.807) is 19.1 Å². The Morgan fingerprint density at radius 2 is 1.92 bits per heavy atom. The lowest BCUT2D eigenvalue weighted by atomic mass is 10.4. The van der Waals surface area contributed by atoms with Crippen LogP contribution in [0.5, 0.6) is 0 Å². The minimum Gasteiger partial charge on any atom is -0.360 e. The van der Waals surface area contributed by atoms with Crippen molar-refractivity contribution >= 4 is 37.5 Å². The quantitative estimate of drug-likeness (QED) is 0.761. The van der Waals surface area contributed by atoms with Crippen molar-refractivity contribution in [3.05, 3.63) is 41.1 Å². The van der Waals surface area contributed by atoms with Crippen molar-refractivity contribution in [1.82, 2.24) is 9.88 Å². The smallest absolute Gasteiger partial charge is 0.242 e. The van der Waals surface area contributed by atoms with E-state index in [0.29, 0.717) is 5.76 Å². The van der Waals surface area contributed by atoms with Crippen molar-refractivity contribution in [2.24, 2.45) is 0 Å². The number of aryl methyl sites for hydroxylation is 1. The first kappa shape index (κ1) is 18.7. The molecule has 132 valence electrons. The Morgan fingerprint density at radius 1 is 1.25 bits per heavy atom. The molecule has 0 unspecified atom stereocenters. The van der Waals surface area contributed by atoms with E-state index < -0.39 is 20.0 Å². The van der Waals surface area contributed by atoms with Gasteiger partial charge >= 0.3 is 0 Å². The Morgan fingerprint density at radius 3 is 2.46 bits per heavy atom. The summed E-state index contributed by atoms with van der Waals surface area (Å²) < 4.78 is 56.3. The van der Waals surface area contributed by atoms with E-state index in [2.05, 4.69) is 9.88 Å². The van der Waals surface area contributed by atoms with E-state index in [9.17, 15) is 16.8 Å². The highest BCUT2D eigenvalue weighted by atomic mass is 35.5. The number of nitrogens with one attached hydrogen (secondary N) is 1. The van der Waals surface area contributed by atoms with Crippen LogP contribution in [0.3, 0.4) is 0 Å². The second kappa shape index (κ2) is 7.09. The van der Waals surface area contributed by atoms with Crippen LogP contribution in [0.25, 0.3) is 0 Å². The third-order valence-electron chi connectivity index (χ3n) is 3.00. The monoisotopic (exact) mass is 393 g/mol. The molecule has 0 spiro atoms. The first-order valence-electron chi connectivity index (χ1n) is 6.76. The Balaban J connectivity index is 2.12. The fourth-order valence-corrected chi connectivity index (χ4v) is 4.33. The summed E-state index contributed by atoms with van der Waals surface area (Å²) in [6, 6.07) is 7.42. The Hall–Kier alpha value is -1.62. The third kappa shape index (κ3) is 4.47. The number of rotatable bonds is 7. The SMILES string of the molecule is Cc1cc(N(CCNS(=O)(=O)c2ccccc2Cl)S(C)(=O)=O)no1. The lowest BCUT2D eigenvalue weighted by molar-refractivity contribution is 0.398. The number of anilines is 1. The van der Waals surface area contributed by atoms with Gasteiger partial charge in [-0.25, -0.2) is 25.9 Å². The van der Waals surface area contributed by atoms with Gasteiger partial charge in [0.15, 0.2) is 5.82 Å². The summed E-state index contributed by atoms with van der Waals surface area (Å²) in [6.07, 6.45) is 1.000. The number of halogens is 1. The molecule has 0 aliphatic carbocycles. The summed E-state index contributed by atoms with van der Waals surface area (Å²) in [5, 5.41) is 3.72. The van der Waals surface area contributed by atoms with Crippen LogP contribution < -0.4 is 9.03 Å². The molecule has 0 saturated carbocycles. The second-order valence-corrected chi connectivity index (χ2v) is 9.01. The average Bonchev–Trinajstić information content (AvgIpc) is 2.88. The number of sulfonamides is 2. The summed E-state index contributed by atoms with van der Waals surface area (Å²) in [4.78, 5) is -0.0742.